The average molecular weight is 443 g/mol. The van der Waals surface area contributed by atoms with Crippen LogP contribution in [-0.2, 0) is 16.4 Å². The third kappa shape index (κ3) is 4.95. The summed E-state index contributed by atoms with van der Waals surface area (Å²) in [6.45, 7) is 1.68. The van der Waals surface area contributed by atoms with Gasteiger partial charge in [-0.25, -0.2) is 17.2 Å². The lowest BCUT2D eigenvalue weighted by Gasteiger charge is -2.39. The van der Waals surface area contributed by atoms with Crippen LogP contribution < -0.4 is 4.74 Å². The maximum absolute atomic E-state index is 12.8. The highest BCUT2D eigenvalue weighted by Gasteiger charge is 2.37. The number of benzene rings is 1. The van der Waals surface area contributed by atoms with E-state index in [4.69, 9.17) is 4.74 Å². The van der Waals surface area contributed by atoms with Crippen LogP contribution in [0.2, 0.25) is 0 Å². The first-order chi connectivity index (χ1) is 14.2. The predicted octanol–water partition coefficient (Wildman–Crippen LogP) is 2.69. The molecule has 30 heavy (non-hydrogen) atoms. The highest BCUT2D eigenvalue weighted by atomic mass is 32.2. The molecule has 3 heterocycles. The van der Waals surface area contributed by atoms with Crippen LogP contribution in [0.3, 0.4) is 0 Å². The van der Waals surface area contributed by atoms with Gasteiger partial charge in [-0.05, 0) is 43.9 Å². The van der Waals surface area contributed by atoms with Crippen LogP contribution in [-0.4, -0.2) is 72.3 Å². The molecule has 1 N–H and O–H groups in total. The molecule has 166 valence electrons. The van der Waals surface area contributed by atoms with E-state index >= 15 is 0 Å². The Hall–Kier alpha value is -1.71. The van der Waals surface area contributed by atoms with Crippen molar-refractivity contribution in [2.24, 2.45) is 0 Å². The maximum atomic E-state index is 12.8. The summed E-state index contributed by atoms with van der Waals surface area (Å²) in [6, 6.07) is 7.32. The Morgan fingerprint density at radius 3 is 2.53 bits per heavy atom. The molecule has 2 aliphatic heterocycles. The van der Waals surface area contributed by atoms with Gasteiger partial charge < -0.3 is 19.3 Å². The molecule has 0 amide bonds. The van der Waals surface area contributed by atoms with E-state index in [2.05, 4.69) is 4.90 Å². The monoisotopic (exact) mass is 442 g/mol. The minimum Gasteiger partial charge on any atom is -0.490 e. The number of hydrogen-bond donors (Lipinski definition) is 1. The Morgan fingerprint density at radius 1 is 1.17 bits per heavy atom. The summed E-state index contributed by atoms with van der Waals surface area (Å²) in [5.41, 5.74) is -0.196. The van der Waals surface area contributed by atoms with Gasteiger partial charge in [-0.15, -0.1) is 0 Å². The Kier molecular flexibility index (Phi) is 6.05. The molecule has 2 aliphatic rings. The van der Waals surface area contributed by atoms with E-state index in [1.54, 1.807) is 10.8 Å². The van der Waals surface area contributed by atoms with Gasteiger partial charge in [-0.1, -0.05) is 6.07 Å². The van der Waals surface area contributed by atoms with Crippen LogP contribution in [0.25, 0.3) is 10.9 Å². The Labute approximate surface area is 175 Å². The summed E-state index contributed by atoms with van der Waals surface area (Å²) in [7, 11) is -3.00. The van der Waals surface area contributed by atoms with Crippen LogP contribution in [0.15, 0.2) is 30.5 Å². The molecule has 0 spiro atoms. The number of sulfone groups is 1. The average Bonchev–Trinajstić information content (AvgIpc) is 3.10. The van der Waals surface area contributed by atoms with Crippen LogP contribution in [0, 0.1) is 0 Å². The third-order valence-corrected chi connectivity index (χ3v) is 7.86. The van der Waals surface area contributed by atoms with Gasteiger partial charge in [0.15, 0.2) is 9.84 Å². The maximum Gasteiger partial charge on any atom is 0.256 e. The number of rotatable bonds is 6. The first kappa shape index (κ1) is 21.5. The van der Waals surface area contributed by atoms with Crippen molar-refractivity contribution < 1.29 is 27.0 Å². The molecule has 2 saturated heterocycles. The van der Waals surface area contributed by atoms with E-state index in [9.17, 15) is 22.3 Å². The van der Waals surface area contributed by atoms with Gasteiger partial charge in [0.2, 0.25) is 0 Å². The van der Waals surface area contributed by atoms with Gasteiger partial charge in [-0.3, -0.25) is 0 Å². The predicted molar refractivity (Wildman–Crippen MR) is 111 cm³/mol. The summed E-state index contributed by atoms with van der Waals surface area (Å²) >= 11 is 0. The van der Waals surface area contributed by atoms with Crippen molar-refractivity contribution in [1.29, 1.82) is 0 Å². The molecule has 0 unspecified atom stereocenters. The topological polar surface area (TPSA) is 71.8 Å². The lowest BCUT2D eigenvalue weighted by Crippen LogP contribution is -2.50. The Morgan fingerprint density at radius 2 is 1.87 bits per heavy atom. The molecule has 9 heteroatoms. The van der Waals surface area contributed by atoms with E-state index in [1.807, 2.05) is 24.3 Å². The highest BCUT2D eigenvalue weighted by molar-refractivity contribution is 7.91. The summed E-state index contributed by atoms with van der Waals surface area (Å²) in [5.74, 6) is 0.811. The van der Waals surface area contributed by atoms with Gasteiger partial charge in [0.25, 0.3) is 6.43 Å². The highest BCUT2D eigenvalue weighted by Crippen LogP contribution is 2.30. The molecular formula is C21H28F2N2O4S. The van der Waals surface area contributed by atoms with Crippen LogP contribution in [0.5, 0.6) is 5.75 Å². The molecule has 0 bridgehead atoms. The smallest absolute Gasteiger partial charge is 0.256 e. The molecule has 0 radical (unpaired) electrons. The number of β-amino-alcohol motifs (C(OH)–C–C–N with tert-alkyl or cyclic N) is 1. The third-order valence-electron chi connectivity index (χ3n) is 6.21. The lowest BCUT2D eigenvalue weighted by molar-refractivity contribution is -0.0184. The molecule has 6 nitrogen and oxygen atoms in total. The summed E-state index contributed by atoms with van der Waals surface area (Å²) in [5, 5.41) is 11.6. The van der Waals surface area contributed by atoms with E-state index in [-0.39, 0.29) is 24.2 Å². The van der Waals surface area contributed by atoms with E-state index in [0.717, 1.165) is 36.8 Å². The van der Waals surface area contributed by atoms with Gasteiger partial charge >= 0.3 is 0 Å². The molecule has 0 saturated carbocycles. The van der Waals surface area contributed by atoms with E-state index in [1.165, 1.54) is 0 Å². The second-order valence-corrected chi connectivity index (χ2v) is 10.8. The van der Waals surface area contributed by atoms with Crippen molar-refractivity contribution in [2.45, 2.75) is 50.4 Å². The standard InChI is InChI=1S/C21H28F2N2O4S/c22-20(23)14-25-11-6-17-18(25)2-1-3-19(17)29-16-4-9-24(10-5-16)15-21(26)7-12-30(27,28)13-8-21/h1-3,6,11,16,20,26H,4-5,7-10,12-15H2. The Balaban J connectivity index is 1.34. The fourth-order valence-corrected chi connectivity index (χ4v) is 6.05. The number of piperidine rings is 1. The zero-order valence-electron chi connectivity index (χ0n) is 16.8. The summed E-state index contributed by atoms with van der Waals surface area (Å²) in [4.78, 5) is 2.18. The molecular weight excluding hydrogens is 414 g/mol. The quantitative estimate of drug-likeness (QED) is 0.745. The van der Waals surface area contributed by atoms with Crippen molar-refractivity contribution in [3.05, 3.63) is 30.5 Å². The molecule has 2 aromatic rings. The number of ether oxygens (including phenoxy) is 1. The number of nitrogens with zero attached hydrogens (tertiary/aromatic N) is 2. The first-order valence-electron chi connectivity index (χ1n) is 10.4. The molecule has 0 atom stereocenters. The van der Waals surface area contributed by atoms with Crippen molar-refractivity contribution in [3.8, 4) is 5.75 Å². The lowest BCUT2D eigenvalue weighted by atomic mass is 9.94. The Bertz CT molecular complexity index is 970. The number of aliphatic hydroxyl groups is 1. The second-order valence-electron chi connectivity index (χ2n) is 8.52. The number of halogens is 2. The number of hydrogen-bond acceptors (Lipinski definition) is 5. The van der Waals surface area contributed by atoms with Crippen molar-refractivity contribution in [1.82, 2.24) is 9.47 Å². The van der Waals surface area contributed by atoms with Crippen LogP contribution in [0.4, 0.5) is 8.78 Å². The second kappa shape index (κ2) is 8.43. The van der Waals surface area contributed by atoms with Gasteiger partial charge in [-0.2, -0.15) is 0 Å². The molecule has 4 rings (SSSR count). The number of fused-ring (bicyclic) bond motifs is 1. The minimum absolute atomic E-state index is 0.0201. The largest absolute Gasteiger partial charge is 0.490 e. The summed E-state index contributed by atoms with van der Waals surface area (Å²) in [6.07, 6.45) is 1.45. The number of likely N-dealkylation sites (tertiary alicyclic amines) is 1. The SMILES string of the molecule is O=S1(=O)CCC(O)(CN2CCC(Oc3cccc4c3ccn4CC(F)F)CC2)CC1. The fourth-order valence-electron chi connectivity index (χ4n) is 4.46. The molecule has 1 aromatic heterocycles. The van der Waals surface area contributed by atoms with Gasteiger partial charge in [0.05, 0.1) is 29.2 Å². The zero-order chi connectivity index (χ0) is 21.4. The number of aromatic nitrogens is 1. The van der Waals surface area contributed by atoms with Gasteiger partial charge in [0, 0.05) is 31.2 Å². The van der Waals surface area contributed by atoms with Crippen molar-refractivity contribution in [2.75, 3.05) is 31.1 Å². The number of alkyl halides is 2. The fraction of sp³-hybridized carbons (Fsp3) is 0.619. The van der Waals surface area contributed by atoms with Crippen LogP contribution >= 0.6 is 0 Å². The van der Waals surface area contributed by atoms with Crippen molar-refractivity contribution in [3.63, 3.8) is 0 Å². The summed E-state index contributed by atoms with van der Waals surface area (Å²) < 4.78 is 56.5. The van der Waals surface area contributed by atoms with E-state index in [0.29, 0.717) is 25.1 Å². The zero-order valence-corrected chi connectivity index (χ0v) is 17.7. The first-order valence-corrected chi connectivity index (χ1v) is 12.2. The molecule has 0 aliphatic carbocycles. The molecule has 1 aromatic carbocycles. The van der Waals surface area contributed by atoms with Crippen LogP contribution in [0.1, 0.15) is 25.7 Å². The van der Waals surface area contributed by atoms with Gasteiger partial charge in [0.1, 0.15) is 11.9 Å². The van der Waals surface area contributed by atoms with E-state index < -0.39 is 21.9 Å². The van der Waals surface area contributed by atoms with Crippen molar-refractivity contribution >= 4 is 20.7 Å². The normalized spacial score (nSPS) is 22.5. The molecule has 2 fully saturated rings. The minimum atomic E-state index is -3.00.